The molecule has 19 heavy (non-hydrogen) atoms. The Morgan fingerprint density at radius 1 is 1.16 bits per heavy atom. The molecule has 1 saturated carbocycles. The summed E-state index contributed by atoms with van der Waals surface area (Å²) >= 11 is 4.69. The minimum absolute atomic E-state index is 0.476. The number of nitrogens with zero attached hydrogens (tertiary/aromatic N) is 1. The van der Waals surface area contributed by atoms with E-state index in [2.05, 4.69) is 24.6 Å². The lowest BCUT2D eigenvalue weighted by Crippen LogP contribution is -2.40. The van der Waals surface area contributed by atoms with Crippen LogP contribution in [0.3, 0.4) is 0 Å². The molecule has 1 unspecified atom stereocenters. The molecule has 1 heterocycles. The van der Waals surface area contributed by atoms with Gasteiger partial charge in [-0.2, -0.15) is 12.6 Å². The van der Waals surface area contributed by atoms with Crippen LogP contribution in [0, 0.1) is 11.3 Å². The average Bonchev–Trinajstić information content (AvgIpc) is 2.66. The predicted molar refractivity (Wildman–Crippen MR) is 85.0 cm³/mol. The third kappa shape index (κ3) is 4.95. The van der Waals surface area contributed by atoms with E-state index in [4.69, 9.17) is 4.74 Å². The van der Waals surface area contributed by atoms with Crippen LogP contribution in [0.15, 0.2) is 0 Å². The Kier molecular flexibility index (Phi) is 6.51. The van der Waals surface area contributed by atoms with Gasteiger partial charge in [-0.05, 0) is 49.8 Å². The molecule has 2 fully saturated rings. The maximum Gasteiger partial charge on any atom is 0.0506 e. The Morgan fingerprint density at radius 3 is 2.47 bits per heavy atom. The molecule has 0 N–H and O–H groups in total. The van der Waals surface area contributed by atoms with Crippen LogP contribution in [-0.4, -0.2) is 44.0 Å². The summed E-state index contributed by atoms with van der Waals surface area (Å²) in [4.78, 5) is 2.56. The highest BCUT2D eigenvalue weighted by Crippen LogP contribution is 2.36. The lowest BCUT2D eigenvalue weighted by molar-refractivity contribution is 0.0357. The summed E-state index contributed by atoms with van der Waals surface area (Å²) in [6.07, 6.45) is 11.0. The molecule has 0 aromatic rings. The fourth-order valence-corrected chi connectivity index (χ4v) is 4.29. The predicted octanol–water partition coefficient (Wildman–Crippen LogP) is 3.62. The summed E-state index contributed by atoms with van der Waals surface area (Å²) in [6, 6.07) is 0. The van der Waals surface area contributed by atoms with Crippen molar-refractivity contribution in [3.05, 3.63) is 0 Å². The maximum absolute atomic E-state index is 5.60. The molecule has 0 spiro atoms. The molecule has 3 heteroatoms. The molecule has 0 amide bonds. The van der Waals surface area contributed by atoms with E-state index >= 15 is 0 Å². The van der Waals surface area contributed by atoms with E-state index in [0.29, 0.717) is 5.41 Å². The van der Waals surface area contributed by atoms with Crippen LogP contribution < -0.4 is 0 Å². The van der Waals surface area contributed by atoms with Crippen molar-refractivity contribution >= 4 is 12.6 Å². The number of ether oxygens (including phenoxy) is 1. The Bertz CT molecular complexity index is 245. The first-order valence-electron chi connectivity index (χ1n) is 8.11. The third-order valence-corrected chi connectivity index (χ3v) is 5.60. The highest BCUT2D eigenvalue weighted by Gasteiger charge is 2.31. The molecule has 0 radical (unpaired) electrons. The average molecular weight is 285 g/mol. The summed E-state index contributed by atoms with van der Waals surface area (Å²) in [5.74, 6) is 1.81. The van der Waals surface area contributed by atoms with Crippen molar-refractivity contribution in [1.82, 2.24) is 4.90 Å². The normalized spacial score (nSPS) is 28.3. The third-order valence-electron chi connectivity index (χ3n) is 4.93. The van der Waals surface area contributed by atoms with Crippen molar-refractivity contribution in [3.8, 4) is 0 Å². The van der Waals surface area contributed by atoms with Gasteiger partial charge in [-0.3, -0.25) is 0 Å². The minimum Gasteiger partial charge on any atom is -0.381 e. The van der Waals surface area contributed by atoms with Gasteiger partial charge in [0.1, 0.15) is 0 Å². The summed E-state index contributed by atoms with van der Waals surface area (Å²) < 4.78 is 5.60. The van der Waals surface area contributed by atoms with Crippen molar-refractivity contribution in [2.24, 2.45) is 11.3 Å². The topological polar surface area (TPSA) is 12.5 Å². The maximum atomic E-state index is 5.60. The zero-order chi connectivity index (χ0) is 13.6. The van der Waals surface area contributed by atoms with Crippen molar-refractivity contribution in [2.45, 2.75) is 51.4 Å². The zero-order valence-corrected chi connectivity index (χ0v) is 13.5. The molecule has 0 bridgehead atoms. The first-order chi connectivity index (χ1) is 9.24. The fraction of sp³-hybridized carbons (Fsp3) is 1.00. The van der Waals surface area contributed by atoms with E-state index in [1.54, 1.807) is 0 Å². The molecule has 0 aromatic carbocycles. The smallest absolute Gasteiger partial charge is 0.0506 e. The summed E-state index contributed by atoms with van der Waals surface area (Å²) in [7, 11) is 2.30. The van der Waals surface area contributed by atoms with Crippen molar-refractivity contribution in [1.29, 1.82) is 0 Å². The van der Waals surface area contributed by atoms with E-state index in [1.807, 2.05) is 0 Å². The van der Waals surface area contributed by atoms with Crippen LogP contribution in [0.1, 0.15) is 51.4 Å². The quantitative estimate of drug-likeness (QED) is 0.612. The monoisotopic (exact) mass is 285 g/mol. The van der Waals surface area contributed by atoms with Gasteiger partial charge in [0.25, 0.3) is 0 Å². The zero-order valence-electron chi connectivity index (χ0n) is 12.6. The highest BCUT2D eigenvalue weighted by atomic mass is 32.1. The first kappa shape index (κ1) is 15.7. The number of thiol groups is 1. The van der Waals surface area contributed by atoms with Gasteiger partial charge >= 0.3 is 0 Å². The Balaban J connectivity index is 1.82. The summed E-state index contributed by atoms with van der Waals surface area (Å²) in [5.41, 5.74) is 0.476. The summed E-state index contributed by atoms with van der Waals surface area (Å²) in [6.45, 7) is 4.38. The van der Waals surface area contributed by atoms with Gasteiger partial charge in [-0.15, -0.1) is 0 Å². The van der Waals surface area contributed by atoms with Crippen LogP contribution in [0.2, 0.25) is 0 Å². The standard InChI is InChI=1S/C16H31NOS/c1-17(11-15-7-6-10-18-12-15)13-16(14-19)8-4-2-3-5-9-16/h15,19H,2-14H2,1H3. The lowest BCUT2D eigenvalue weighted by Gasteiger charge is -2.37. The van der Waals surface area contributed by atoms with Gasteiger partial charge in [0.15, 0.2) is 0 Å². The Labute approximate surface area is 124 Å². The highest BCUT2D eigenvalue weighted by molar-refractivity contribution is 7.80. The van der Waals surface area contributed by atoms with Gasteiger partial charge in [-0.25, -0.2) is 0 Å². The molecule has 2 nitrogen and oxygen atoms in total. The van der Waals surface area contributed by atoms with E-state index in [0.717, 1.165) is 24.9 Å². The van der Waals surface area contributed by atoms with Crippen molar-refractivity contribution in [3.63, 3.8) is 0 Å². The summed E-state index contributed by atoms with van der Waals surface area (Å²) in [5, 5.41) is 0. The molecule has 112 valence electrons. The van der Waals surface area contributed by atoms with Gasteiger partial charge in [0.05, 0.1) is 6.61 Å². The van der Waals surface area contributed by atoms with E-state index in [9.17, 15) is 0 Å². The van der Waals surface area contributed by atoms with Crippen molar-refractivity contribution in [2.75, 3.05) is 39.1 Å². The van der Waals surface area contributed by atoms with E-state index in [1.165, 1.54) is 64.5 Å². The SMILES string of the molecule is CN(CC1CCCOC1)CC1(CS)CCCCCC1. The number of rotatable bonds is 5. The molecule has 2 rings (SSSR count). The van der Waals surface area contributed by atoms with Crippen molar-refractivity contribution < 1.29 is 4.74 Å². The fourth-order valence-electron chi connectivity index (χ4n) is 3.87. The number of hydrogen-bond acceptors (Lipinski definition) is 3. The molecule has 1 aliphatic heterocycles. The van der Waals surface area contributed by atoms with Crippen LogP contribution in [0.5, 0.6) is 0 Å². The van der Waals surface area contributed by atoms with E-state index in [-0.39, 0.29) is 0 Å². The molecular weight excluding hydrogens is 254 g/mol. The van der Waals surface area contributed by atoms with E-state index < -0.39 is 0 Å². The largest absolute Gasteiger partial charge is 0.381 e. The minimum atomic E-state index is 0.476. The first-order valence-corrected chi connectivity index (χ1v) is 8.74. The molecule has 2 aliphatic rings. The second-order valence-corrected chi connectivity index (χ2v) is 7.17. The Hall–Kier alpha value is 0.270. The second-order valence-electron chi connectivity index (χ2n) is 6.85. The molecule has 1 aliphatic carbocycles. The van der Waals surface area contributed by atoms with Crippen LogP contribution in [0.25, 0.3) is 0 Å². The second kappa shape index (κ2) is 7.90. The van der Waals surface area contributed by atoms with Crippen LogP contribution in [-0.2, 0) is 4.74 Å². The van der Waals surface area contributed by atoms with Gasteiger partial charge in [-0.1, -0.05) is 25.7 Å². The number of hydrogen-bond donors (Lipinski definition) is 1. The molecular formula is C16H31NOS. The molecule has 0 aromatic heterocycles. The van der Waals surface area contributed by atoms with Crippen LogP contribution in [0.4, 0.5) is 0 Å². The Morgan fingerprint density at radius 2 is 1.89 bits per heavy atom. The van der Waals surface area contributed by atoms with Crippen LogP contribution >= 0.6 is 12.6 Å². The van der Waals surface area contributed by atoms with Gasteiger partial charge in [0.2, 0.25) is 0 Å². The van der Waals surface area contributed by atoms with Gasteiger partial charge in [0, 0.05) is 19.7 Å². The van der Waals surface area contributed by atoms with Gasteiger partial charge < -0.3 is 9.64 Å². The lowest BCUT2D eigenvalue weighted by atomic mass is 9.81. The molecule has 1 saturated heterocycles. The molecule has 1 atom stereocenters.